The number of para-hydroxylation sites is 1. The molecule has 4 heteroatoms. The van der Waals surface area contributed by atoms with Crippen LogP contribution in [-0.4, -0.2) is 27.4 Å². The van der Waals surface area contributed by atoms with Crippen LogP contribution in [0.3, 0.4) is 0 Å². The molecule has 0 N–H and O–H groups in total. The average molecular weight is 268 g/mol. The van der Waals surface area contributed by atoms with Gasteiger partial charge in [-0.3, -0.25) is 0 Å². The lowest BCUT2D eigenvalue weighted by molar-refractivity contribution is -0.147. The molecule has 0 aromatic heterocycles. The average Bonchev–Trinajstić information content (AvgIpc) is 2.46. The molecule has 0 unspecified atom stereocenters. The first-order valence-electron chi connectivity index (χ1n) is 6.72. The Balaban J connectivity index is 2.98. The van der Waals surface area contributed by atoms with Gasteiger partial charge in [0.25, 0.3) is 0 Å². The van der Waals surface area contributed by atoms with E-state index in [1.807, 2.05) is 18.2 Å². The molecule has 108 valence electrons. The Labute approximate surface area is 115 Å². The van der Waals surface area contributed by atoms with Crippen LogP contribution in [0.5, 0.6) is 11.5 Å². The normalized spacial score (nSPS) is 10.8. The van der Waals surface area contributed by atoms with Crippen molar-refractivity contribution in [1.29, 1.82) is 0 Å². The van der Waals surface area contributed by atoms with E-state index in [4.69, 9.17) is 18.9 Å². The molecule has 0 heterocycles. The van der Waals surface area contributed by atoms with Crippen LogP contribution in [0.2, 0.25) is 0 Å². The standard InChI is InChI=1S/C15H24O4/c1-5-10-18-15(19-11-6-2)12-8-7-9-13(16-3)14(12)17-4/h7-9,15H,5-6,10-11H2,1-4H3. The van der Waals surface area contributed by atoms with Crippen LogP contribution in [0.1, 0.15) is 38.5 Å². The molecule has 0 aliphatic rings. The number of hydrogen-bond acceptors (Lipinski definition) is 4. The highest BCUT2D eigenvalue weighted by Gasteiger charge is 2.20. The molecule has 1 aromatic rings. The summed E-state index contributed by atoms with van der Waals surface area (Å²) in [5.74, 6) is 1.35. The SMILES string of the molecule is CCCOC(OCCC)c1cccc(OC)c1OC. The second kappa shape index (κ2) is 8.77. The summed E-state index contributed by atoms with van der Waals surface area (Å²) < 4.78 is 22.3. The fourth-order valence-electron chi connectivity index (χ4n) is 1.78. The van der Waals surface area contributed by atoms with Crippen molar-refractivity contribution in [2.75, 3.05) is 27.4 Å². The number of ether oxygens (including phenoxy) is 4. The third-order valence-corrected chi connectivity index (χ3v) is 2.63. The highest BCUT2D eigenvalue weighted by molar-refractivity contribution is 5.47. The second-order valence-electron chi connectivity index (χ2n) is 4.16. The zero-order chi connectivity index (χ0) is 14.1. The van der Waals surface area contributed by atoms with E-state index in [1.54, 1.807) is 14.2 Å². The van der Waals surface area contributed by atoms with Gasteiger partial charge in [-0.05, 0) is 25.0 Å². The molecular weight excluding hydrogens is 244 g/mol. The Morgan fingerprint density at radius 2 is 1.58 bits per heavy atom. The quantitative estimate of drug-likeness (QED) is 0.642. The van der Waals surface area contributed by atoms with E-state index in [9.17, 15) is 0 Å². The molecule has 4 nitrogen and oxygen atoms in total. The van der Waals surface area contributed by atoms with E-state index >= 15 is 0 Å². The van der Waals surface area contributed by atoms with Crippen LogP contribution in [0.4, 0.5) is 0 Å². The van der Waals surface area contributed by atoms with Gasteiger partial charge in [0, 0.05) is 13.2 Å². The van der Waals surface area contributed by atoms with E-state index in [0.717, 1.165) is 18.4 Å². The Hall–Kier alpha value is -1.26. The predicted molar refractivity (Wildman–Crippen MR) is 74.8 cm³/mol. The van der Waals surface area contributed by atoms with Gasteiger partial charge in [0.15, 0.2) is 17.8 Å². The van der Waals surface area contributed by atoms with Crippen molar-refractivity contribution in [2.24, 2.45) is 0 Å². The van der Waals surface area contributed by atoms with Crippen molar-refractivity contribution in [2.45, 2.75) is 33.0 Å². The summed E-state index contributed by atoms with van der Waals surface area (Å²) >= 11 is 0. The van der Waals surface area contributed by atoms with Gasteiger partial charge < -0.3 is 18.9 Å². The summed E-state index contributed by atoms with van der Waals surface area (Å²) in [6.45, 7) is 5.43. The largest absolute Gasteiger partial charge is 0.493 e. The van der Waals surface area contributed by atoms with Crippen molar-refractivity contribution in [1.82, 2.24) is 0 Å². The minimum atomic E-state index is -0.412. The fraction of sp³-hybridized carbons (Fsp3) is 0.600. The van der Waals surface area contributed by atoms with Crippen molar-refractivity contribution >= 4 is 0 Å². The zero-order valence-electron chi connectivity index (χ0n) is 12.3. The van der Waals surface area contributed by atoms with E-state index in [-0.39, 0.29) is 0 Å². The fourth-order valence-corrected chi connectivity index (χ4v) is 1.78. The highest BCUT2D eigenvalue weighted by atomic mass is 16.7. The molecule has 0 atom stereocenters. The Morgan fingerprint density at radius 1 is 0.947 bits per heavy atom. The highest BCUT2D eigenvalue weighted by Crippen LogP contribution is 2.36. The molecule has 0 aliphatic heterocycles. The molecule has 0 aliphatic carbocycles. The van der Waals surface area contributed by atoms with Crippen LogP contribution in [0, 0.1) is 0 Å². The number of rotatable bonds is 9. The van der Waals surface area contributed by atoms with Crippen LogP contribution >= 0.6 is 0 Å². The summed E-state index contributed by atoms with van der Waals surface area (Å²) in [5, 5.41) is 0. The molecule has 0 bridgehead atoms. The maximum atomic E-state index is 5.76. The van der Waals surface area contributed by atoms with Gasteiger partial charge in [0.1, 0.15) is 0 Å². The van der Waals surface area contributed by atoms with E-state index < -0.39 is 6.29 Å². The molecule has 1 rings (SSSR count). The number of methoxy groups -OCH3 is 2. The van der Waals surface area contributed by atoms with E-state index in [1.165, 1.54) is 0 Å². The summed E-state index contributed by atoms with van der Waals surface area (Å²) in [6.07, 6.45) is 1.47. The monoisotopic (exact) mass is 268 g/mol. The third-order valence-electron chi connectivity index (χ3n) is 2.63. The first-order valence-corrected chi connectivity index (χ1v) is 6.72. The lowest BCUT2D eigenvalue weighted by atomic mass is 10.1. The van der Waals surface area contributed by atoms with Crippen LogP contribution in [-0.2, 0) is 9.47 Å². The van der Waals surface area contributed by atoms with Gasteiger partial charge >= 0.3 is 0 Å². The molecule has 1 aromatic carbocycles. The minimum absolute atomic E-state index is 0.412. The topological polar surface area (TPSA) is 36.9 Å². The van der Waals surface area contributed by atoms with E-state index in [0.29, 0.717) is 24.7 Å². The summed E-state index contributed by atoms with van der Waals surface area (Å²) in [4.78, 5) is 0. The predicted octanol–water partition coefficient (Wildman–Crippen LogP) is 3.56. The lowest BCUT2D eigenvalue weighted by Gasteiger charge is -2.21. The summed E-state index contributed by atoms with van der Waals surface area (Å²) in [5.41, 5.74) is 0.865. The summed E-state index contributed by atoms with van der Waals surface area (Å²) in [6, 6.07) is 5.71. The molecule has 0 spiro atoms. The molecule has 0 radical (unpaired) electrons. The maximum absolute atomic E-state index is 5.76. The molecular formula is C15H24O4. The van der Waals surface area contributed by atoms with Crippen molar-refractivity contribution < 1.29 is 18.9 Å². The van der Waals surface area contributed by atoms with Gasteiger partial charge in [-0.1, -0.05) is 19.9 Å². The molecule has 0 saturated carbocycles. The second-order valence-corrected chi connectivity index (χ2v) is 4.16. The number of hydrogen-bond donors (Lipinski definition) is 0. The first-order chi connectivity index (χ1) is 9.28. The van der Waals surface area contributed by atoms with Crippen molar-refractivity contribution in [3.63, 3.8) is 0 Å². The van der Waals surface area contributed by atoms with Crippen LogP contribution < -0.4 is 9.47 Å². The Morgan fingerprint density at radius 3 is 2.05 bits per heavy atom. The smallest absolute Gasteiger partial charge is 0.187 e. The summed E-state index contributed by atoms with van der Waals surface area (Å²) in [7, 11) is 3.24. The van der Waals surface area contributed by atoms with Gasteiger partial charge in [-0.25, -0.2) is 0 Å². The van der Waals surface area contributed by atoms with E-state index in [2.05, 4.69) is 13.8 Å². The lowest BCUT2D eigenvalue weighted by Crippen LogP contribution is -2.12. The van der Waals surface area contributed by atoms with Crippen molar-refractivity contribution in [3.05, 3.63) is 23.8 Å². The van der Waals surface area contributed by atoms with Gasteiger partial charge in [0.2, 0.25) is 0 Å². The van der Waals surface area contributed by atoms with Crippen molar-refractivity contribution in [3.8, 4) is 11.5 Å². The van der Waals surface area contributed by atoms with Gasteiger partial charge in [-0.15, -0.1) is 0 Å². The van der Waals surface area contributed by atoms with Crippen LogP contribution in [0.15, 0.2) is 18.2 Å². The molecule has 19 heavy (non-hydrogen) atoms. The van der Waals surface area contributed by atoms with Gasteiger partial charge in [0.05, 0.1) is 19.8 Å². The maximum Gasteiger partial charge on any atom is 0.187 e. The number of benzene rings is 1. The third kappa shape index (κ3) is 4.40. The zero-order valence-corrected chi connectivity index (χ0v) is 12.3. The molecule has 0 fully saturated rings. The molecule has 0 amide bonds. The van der Waals surface area contributed by atoms with Crippen LogP contribution in [0.25, 0.3) is 0 Å². The van der Waals surface area contributed by atoms with Gasteiger partial charge in [-0.2, -0.15) is 0 Å². The Bertz CT molecular complexity index is 357. The first kappa shape index (κ1) is 15.8. The minimum Gasteiger partial charge on any atom is -0.493 e. The molecule has 0 saturated heterocycles. The Kier molecular flexibility index (Phi) is 7.30.